The Morgan fingerprint density at radius 1 is 1.52 bits per heavy atom. The van der Waals surface area contributed by atoms with Crippen LogP contribution >= 0.6 is 0 Å². The first-order valence-corrected chi connectivity index (χ1v) is 6.16. The molecule has 0 unspecified atom stereocenters. The van der Waals surface area contributed by atoms with Gasteiger partial charge in [-0.05, 0) is 13.0 Å². The second-order valence-electron chi connectivity index (χ2n) is 4.14. The molecule has 0 aliphatic carbocycles. The summed E-state index contributed by atoms with van der Waals surface area (Å²) in [6, 6.07) is 3.59. The quantitative estimate of drug-likeness (QED) is 0.331. The Labute approximate surface area is 121 Å². The molecule has 0 fully saturated rings. The third-order valence-corrected chi connectivity index (χ3v) is 2.61. The van der Waals surface area contributed by atoms with E-state index in [9.17, 15) is 19.7 Å². The van der Waals surface area contributed by atoms with Gasteiger partial charge in [-0.25, -0.2) is 0 Å². The Morgan fingerprint density at radius 2 is 2.24 bits per heavy atom. The van der Waals surface area contributed by atoms with Gasteiger partial charge in [-0.15, -0.1) is 0 Å². The number of hydrogen-bond acceptors (Lipinski definition) is 6. The molecule has 0 saturated heterocycles. The van der Waals surface area contributed by atoms with Crippen LogP contribution in [0.3, 0.4) is 0 Å². The zero-order valence-corrected chi connectivity index (χ0v) is 11.7. The predicted molar refractivity (Wildman–Crippen MR) is 73.5 cm³/mol. The van der Waals surface area contributed by atoms with Gasteiger partial charge < -0.3 is 14.8 Å². The maximum absolute atomic E-state index is 11.7. The monoisotopic (exact) mass is 296 g/mol. The van der Waals surface area contributed by atoms with Crippen LogP contribution in [0, 0.1) is 10.1 Å². The molecule has 0 aliphatic rings. The van der Waals surface area contributed by atoms with Gasteiger partial charge in [0, 0.05) is 25.8 Å². The van der Waals surface area contributed by atoms with Gasteiger partial charge in [0.2, 0.25) is 0 Å². The number of amides is 1. The van der Waals surface area contributed by atoms with Crippen molar-refractivity contribution in [3.8, 4) is 5.75 Å². The number of carbonyl (C=O) groups excluding carboxylic acids is 2. The molecule has 1 rings (SSSR count). The Bertz CT molecular complexity index is 531. The largest absolute Gasteiger partial charge is 0.480 e. The summed E-state index contributed by atoms with van der Waals surface area (Å²) in [4.78, 5) is 32.7. The molecule has 0 bridgehead atoms. The Morgan fingerprint density at radius 3 is 2.81 bits per heavy atom. The molecule has 1 aromatic rings. The maximum atomic E-state index is 11.7. The molecule has 21 heavy (non-hydrogen) atoms. The van der Waals surface area contributed by atoms with Gasteiger partial charge in [-0.1, -0.05) is 0 Å². The van der Waals surface area contributed by atoms with Crippen LogP contribution in [0.25, 0.3) is 0 Å². The van der Waals surface area contributed by atoms with E-state index in [1.807, 2.05) is 0 Å². The summed E-state index contributed by atoms with van der Waals surface area (Å²) in [6.07, 6.45) is -0.403. The zero-order chi connectivity index (χ0) is 15.8. The van der Waals surface area contributed by atoms with Crippen LogP contribution in [0.4, 0.5) is 5.69 Å². The molecule has 0 radical (unpaired) electrons. The number of nitrogens with one attached hydrogen (secondary N) is 1. The number of ether oxygens (including phenoxy) is 2. The average molecular weight is 296 g/mol. The number of nitrogens with zero attached hydrogens (tertiary/aromatic N) is 1. The summed E-state index contributed by atoms with van der Waals surface area (Å²) >= 11 is 0. The van der Waals surface area contributed by atoms with Crippen molar-refractivity contribution in [3.63, 3.8) is 0 Å². The number of methoxy groups -OCH3 is 1. The third kappa shape index (κ3) is 4.84. The molecular formula is C13H16N2O6. The van der Waals surface area contributed by atoms with E-state index >= 15 is 0 Å². The van der Waals surface area contributed by atoms with Crippen molar-refractivity contribution in [2.24, 2.45) is 0 Å². The van der Waals surface area contributed by atoms with Gasteiger partial charge in [0.25, 0.3) is 11.6 Å². The van der Waals surface area contributed by atoms with Crippen LogP contribution in [0.15, 0.2) is 18.2 Å². The van der Waals surface area contributed by atoms with E-state index in [-0.39, 0.29) is 22.9 Å². The predicted octanol–water partition coefficient (Wildman–Crippen LogP) is 0.937. The number of hydrogen-bond donors (Lipinski definition) is 1. The normalized spacial score (nSPS) is 11.5. The molecule has 114 valence electrons. The molecule has 0 spiro atoms. The lowest BCUT2D eigenvalue weighted by molar-refractivity contribution is -0.384. The van der Waals surface area contributed by atoms with Gasteiger partial charge >= 0.3 is 0 Å². The highest BCUT2D eigenvalue weighted by Crippen LogP contribution is 2.23. The van der Waals surface area contributed by atoms with Crippen molar-refractivity contribution in [1.29, 1.82) is 0 Å². The summed E-state index contributed by atoms with van der Waals surface area (Å²) in [5.74, 6) is -0.257. The van der Waals surface area contributed by atoms with Crippen molar-refractivity contribution in [2.45, 2.75) is 13.0 Å². The van der Waals surface area contributed by atoms with Crippen molar-refractivity contribution >= 4 is 17.9 Å². The molecule has 0 saturated carbocycles. The van der Waals surface area contributed by atoms with Gasteiger partial charge in [-0.2, -0.15) is 0 Å². The third-order valence-electron chi connectivity index (χ3n) is 2.61. The molecule has 1 amide bonds. The summed E-state index contributed by atoms with van der Waals surface area (Å²) in [7, 11) is 1.51. The highest BCUT2D eigenvalue weighted by atomic mass is 16.6. The molecule has 0 aliphatic heterocycles. The highest BCUT2D eigenvalue weighted by Gasteiger charge is 2.17. The Balaban J connectivity index is 2.75. The average Bonchev–Trinajstić information content (AvgIpc) is 2.47. The van der Waals surface area contributed by atoms with Crippen LogP contribution in [0.5, 0.6) is 5.75 Å². The number of carbonyl (C=O) groups is 2. The molecule has 1 atom stereocenters. The standard InChI is InChI=1S/C13H16N2O6/c1-9(13(17)14-5-6-20-2)21-12-4-3-11(15(18)19)7-10(12)8-16/h3-4,7-9H,5-6H2,1-2H3,(H,14,17)/t9-/m1/s1. The van der Waals surface area contributed by atoms with Gasteiger partial charge in [0.1, 0.15) is 5.75 Å². The van der Waals surface area contributed by atoms with Crippen LogP contribution in [0.2, 0.25) is 0 Å². The maximum Gasteiger partial charge on any atom is 0.270 e. The second-order valence-corrected chi connectivity index (χ2v) is 4.14. The minimum absolute atomic E-state index is 0.0146. The van der Waals surface area contributed by atoms with Crippen molar-refractivity contribution in [1.82, 2.24) is 5.32 Å². The lowest BCUT2D eigenvalue weighted by Gasteiger charge is -2.15. The number of nitro benzene ring substituents is 1. The molecular weight excluding hydrogens is 280 g/mol. The minimum atomic E-state index is -0.845. The van der Waals surface area contributed by atoms with E-state index in [0.29, 0.717) is 19.4 Å². The zero-order valence-electron chi connectivity index (χ0n) is 11.7. The number of aldehydes is 1. The summed E-state index contributed by atoms with van der Waals surface area (Å²) in [5.41, 5.74) is -0.206. The lowest BCUT2D eigenvalue weighted by Crippen LogP contribution is -2.38. The van der Waals surface area contributed by atoms with Gasteiger partial charge in [-0.3, -0.25) is 19.7 Å². The molecule has 0 aromatic heterocycles. The molecule has 0 heterocycles. The number of rotatable bonds is 8. The summed E-state index contributed by atoms with van der Waals surface area (Å²) in [5, 5.41) is 13.2. The van der Waals surface area contributed by atoms with Crippen LogP contribution in [-0.4, -0.2) is 43.5 Å². The van der Waals surface area contributed by atoms with Crippen LogP contribution in [0.1, 0.15) is 17.3 Å². The van der Waals surface area contributed by atoms with Crippen LogP contribution in [-0.2, 0) is 9.53 Å². The van der Waals surface area contributed by atoms with E-state index in [1.165, 1.54) is 26.2 Å². The SMILES string of the molecule is COCCNC(=O)[C@@H](C)Oc1ccc([N+](=O)[O-])cc1C=O. The first-order valence-electron chi connectivity index (χ1n) is 6.16. The first kappa shape index (κ1) is 16.6. The van der Waals surface area contributed by atoms with Crippen molar-refractivity contribution < 1.29 is 24.0 Å². The van der Waals surface area contributed by atoms with E-state index in [2.05, 4.69) is 5.32 Å². The first-order chi connectivity index (χ1) is 9.99. The molecule has 1 N–H and O–H groups in total. The minimum Gasteiger partial charge on any atom is -0.480 e. The number of nitro groups is 1. The highest BCUT2D eigenvalue weighted by molar-refractivity contribution is 5.83. The fourth-order valence-corrected chi connectivity index (χ4v) is 1.51. The Kier molecular flexibility index (Phi) is 6.28. The van der Waals surface area contributed by atoms with E-state index < -0.39 is 11.0 Å². The van der Waals surface area contributed by atoms with Crippen molar-refractivity contribution in [3.05, 3.63) is 33.9 Å². The van der Waals surface area contributed by atoms with E-state index in [0.717, 1.165) is 6.07 Å². The van der Waals surface area contributed by atoms with E-state index in [1.54, 1.807) is 0 Å². The number of non-ortho nitro benzene ring substituents is 1. The summed E-state index contributed by atoms with van der Waals surface area (Å²) in [6.45, 7) is 2.22. The van der Waals surface area contributed by atoms with Crippen LogP contribution < -0.4 is 10.1 Å². The Hall–Kier alpha value is -2.48. The lowest BCUT2D eigenvalue weighted by atomic mass is 10.2. The molecule has 8 heteroatoms. The topological polar surface area (TPSA) is 108 Å². The molecule has 8 nitrogen and oxygen atoms in total. The van der Waals surface area contributed by atoms with Crippen molar-refractivity contribution in [2.75, 3.05) is 20.3 Å². The fourth-order valence-electron chi connectivity index (χ4n) is 1.51. The smallest absolute Gasteiger partial charge is 0.270 e. The summed E-state index contributed by atoms with van der Waals surface area (Å²) < 4.78 is 10.2. The van der Waals surface area contributed by atoms with Gasteiger partial charge in [0.05, 0.1) is 17.1 Å². The molecule has 1 aromatic carbocycles. The van der Waals surface area contributed by atoms with E-state index in [4.69, 9.17) is 9.47 Å². The van der Waals surface area contributed by atoms with Gasteiger partial charge in [0.15, 0.2) is 12.4 Å². The fraction of sp³-hybridized carbons (Fsp3) is 0.385. The second kappa shape index (κ2) is 7.95. The number of benzene rings is 1.